The van der Waals surface area contributed by atoms with E-state index in [1.807, 2.05) is 0 Å². The van der Waals surface area contributed by atoms with Crippen LogP contribution in [0.3, 0.4) is 0 Å². The minimum Gasteiger partial charge on any atom is -0.464 e. The Morgan fingerprint density at radius 1 is 1.06 bits per heavy atom. The van der Waals surface area contributed by atoms with Gasteiger partial charge in [0.25, 0.3) is 5.56 Å². The van der Waals surface area contributed by atoms with Gasteiger partial charge in [0.15, 0.2) is 4.21 Å². The zero-order valence-corrected chi connectivity index (χ0v) is 17.5. The second-order valence-electron chi connectivity index (χ2n) is 6.56. The van der Waals surface area contributed by atoms with Crippen LogP contribution in [0.25, 0.3) is 15.9 Å². The van der Waals surface area contributed by atoms with Crippen LogP contribution >= 0.6 is 11.3 Å². The minimum atomic E-state index is -4.51. The SMILES string of the molecule is NS(=O)(=O)c1sc2c(ccc(=O)n2-c2ccccc2)c1N(C(=O)O)c1ccc(F)cc1F. The number of aromatic nitrogens is 1. The number of carbonyl (C=O) groups is 1. The average molecular weight is 477 g/mol. The summed E-state index contributed by atoms with van der Waals surface area (Å²) in [5.41, 5.74) is -1.19. The van der Waals surface area contributed by atoms with E-state index in [2.05, 4.69) is 0 Å². The van der Waals surface area contributed by atoms with Crippen LogP contribution in [0.15, 0.2) is 69.7 Å². The van der Waals surface area contributed by atoms with Crippen molar-refractivity contribution in [2.24, 2.45) is 5.14 Å². The highest BCUT2D eigenvalue weighted by Gasteiger charge is 2.32. The molecule has 12 heteroatoms. The zero-order valence-electron chi connectivity index (χ0n) is 15.9. The van der Waals surface area contributed by atoms with E-state index >= 15 is 0 Å². The Labute approximate surface area is 183 Å². The molecule has 0 unspecified atom stereocenters. The van der Waals surface area contributed by atoms with E-state index in [4.69, 9.17) is 5.14 Å². The summed E-state index contributed by atoms with van der Waals surface area (Å²) in [5.74, 6) is -2.18. The fraction of sp³-hybridized carbons (Fsp3) is 0. The molecular formula is C20H13F2N3O5S2. The average Bonchev–Trinajstić information content (AvgIpc) is 3.10. The number of para-hydroxylation sites is 1. The number of hydrogen-bond acceptors (Lipinski definition) is 5. The number of rotatable bonds is 4. The van der Waals surface area contributed by atoms with Gasteiger partial charge in [0, 0.05) is 17.5 Å². The molecule has 2 heterocycles. The molecule has 0 saturated heterocycles. The molecule has 8 nitrogen and oxygen atoms in total. The van der Waals surface area contributed by atoms with Crippen LogP contribution in [0.4, 0.5) is 25.0 Å². The molecule has 0 atom stereocenters. The van der Waals surface area contributed by atoms with Gasteiger partial charge in [-0.3, -0.25) is 9.36 Å². The van der Waals surface area contributed by atoms with Crippen LogP contribution in [0.5, 0.6) is 0 Å². The van der Waals surface area contributed by atoms with Crippen LogP contribution < -0.4 is 15.6 Å². The number of primary sulfonamides is 1. The van der Waals surface area contributed by atoms with Gasteiger partial charge in [-0.1, -0.05) is 18.2 Å². The summed E-state index contributed by atoms with van der Waals surface area (Å²) in [6.07, 6.45) is -1.74. The predicted octanol–water partition coefficient (Wildman–Crippen LogP) is 3.79. The molecule has 0 aliphatic carbocycles. The highest BCUT2D eigenvalue weighted by Crippen LogP contribution is 2.44. The highest BCUT2D eigenvalue weighted by atomic mass is 32.2. The number of amides is 1. The normalized spacial score (nSPS) is 11.6. The van der Waals surface area contributed by atoms with Crippen LogP contribution in [-0.2, 0) is 10.0 Å². The molecule has 4 rings (SSSR count). The van der Waals surface area contributed by atoms with E-state index in [1.165, 1.54) is 10.6 Å². The lowest BCUT2D eigenvalue weighted by molar-refractivity contribution is 0.204. The van der Waals surface area contributed by atoms with E-state index in [0.29, 0.717) is 28.0 Å². The number of nitrogens with two attached hydrogens (primary N) is 1. The third-order valence-corrected chi connectivity index (χ3v) is 7.15. The number of anilines is 2. The van der Waals surface area contributed by atoms with E-state index < -0.39 is 48.9 Å². The first-order chi connectivity index (χ1) is 15.1. The number of sulfonamides is 1. The maximum Gasteiger partial charge on any atom is 0.416 e. The number of nitrogens with zero attached hydrogens (tertiary/aromatic N) is 2. The van der Waals surface area contributed by atoms with E-state index in [1.54, 1.807) is 30.3 Å². The topological polar surface area (TPSA) is 123 Å². The second-order valence-corrected chi connectivity index (χ2v) is 9.31. The monoisotopic (exact) mass is 477 g/mol. The van der Waals surface area contributed by atoms with Gasteiger partial charge >= 0.3 is 6.09 Å². The number of hydrogen-bond donors (Lipinski definition) is 2. The minimum absolute atomic E-state index is 0.0219. The lowest BCUT2D eigenvalue weighted by Gasteiger charge is -2.20. The number of benzene rings is 2. The third-order valence-electron chi connectivity index (χ3n) is 4.52. The van der Waals surface area contributed by atoms with Crippen molar-refractivity contribution in [3.05, 3.63) is 82.7 Å². The number of carboxylic acid groups (broad SMARTS) is 1. The summed E-state index contributed by atoms with van der Waals surface area (Å²) >= 11 is 0.564. The molecule has 0 saturated carbocycles. The zero-order chi connectivity index (χ0) is 23.2. The van der Waals surface area contributed by atoms with Crippen LogP contribution in [-0.4, -0.2) is 24.2 Å². The van der Waals surface area contributed by atoms with Crippen molar-refractivity contribution in [1.29, 1.82) is 0 Å². The second kappa shape index (κ2) is 7.82. The molecule has 3 N–H and O–H groups in total. The van der Waals surface area contributed by atoms with Crippen LogP contribution in [0.2, 0.25) is 0 Å². The molecule has 0 spiro atoms. The van der Waals surface area contributed by atoms with E-state index in [-0.39, 0.29) is 10.2 Å². The van der Waals surface area contributed by atoms with Gasteiger partial charge in [0.05, 0.1) is 17.1 Å². The van der Waals surface area contributed by atoms with Gasteiger partial charge in [-0.05, 0) is 30.3 Å². The Hall–Kier alpha value is -3.61. The molecule has 0 aliphatic rings. The van der Waals surface area contributed by atoms with Gasteiger partial charge in [-0.2, -0.15) is 0 Å². The molecule has 164 valence electrons. The molecule has 0 aliphatic heterocycles. The van der Waals surface area contributed by atoms with Gasteiger partial charge < -0.3 is 5.11 Å². The Bertz CT molecular complexity index is 1530. The summed E-state index contributed by atoms with van der Waals surface area (Å²) in [6, 6.07) is 12.8. The molecule has 4 aromatic rings. The number of halogens is 2. The molecule has 32 heavy (non-hydrogen) atoms. The lowest BCUT2D eigenvalue weighted by Crippen LogP contribution is -2.27. The molecule has 2 aromatic heterocycles. The van der Waals surface area contributed by atoms with Gasteiger partial charge in [0.2, 0.25) is 10.0 Å². The molecule has 0 radical (unpaired) electrons. The Morgan fingerprint density at radius 2 is 1.75 bits per heavy atom. The largest absolute Gasteiger partial charge is 0.464 e. The first kappa shape index (κ1) is 21.6. The van der Waals surface area contributed by atoms with Gasteiger partial charge in [0.1, 0.15) is 16.5 Å². The Balaban J connectivity index is 2.15. The van der Waals surface area contributed by atoms with E-state index in [0.717, 1.165) is 18.2 Å². The molecular weight excluding hydrogens is 464 g/mol. The van der Waals surface area contributed by atoms with Crippen molar-refractivity contribution in [2.45, 2.75) is 4.21 Å². The van der Waals surface area contributed by atoms with Crippen molar-refractivity contribution in [2.75, 3.05) is 4.90 Å². The van der Waals surface area contributed by atoms with E-state index in [9.17, 15) is 31.9 Å². The first-order valence-electron chi connectivity index (χ1n) is 8.84. The van der Waals surface area contributed by atoms with Crippen molar-refractivity contribution in [1.82, 2.24) is 4.57 Å². The summed E-state index contributed by atoms with van der Waals surface area (Å²) in [4.78, 5) is 25.2. The number of pyridine rings is 1. The number of fused-ring (bicyclic) bond motifs is 1. The quantitative estimate of drug-likeness (QED) is 0.463. The van der Waals surface area contributed by atoms with Gasteiger partial charge in [-0.15, -0.1) is 11.3 Å². The number of thiophene rings is 1. The first-order valence-corrected chi connectivity index (χ1v) is 11.2. The van der Waals surface area contributed by atoms with Crippen molar-refractivity contribution < 1.29 is 27.1 Å². The smallest absolute Gasteiger partial charge is 0.416 e. The van der Waals surface area contributed by atoms with Crippen molar-refractivity contribution in [3.8, 4) is 5.69 Å². The lowest BCUT2D eigenvalue weighted by atomic mass is 10.2. The fourth-order valence-electron chi connectivity index (χ4n) is 3.26. The highest BCUT2D eigenvalue weighted by molar-refractivity contribution is 7.91. The third kappa shape index (κ3) is 3.64. The fourth-order valence-corrected chi connectivity index (χ4v) is 5.46. The Kier molecular flexibility index (Phi) is 5.28. The molecule has 2 aromatic carbocycles. The molecule has 1 amide bonds. The maximum atomic E-state index is 14.5. The van der Waals surface area contributed by atoms with Crippen LogP contribution in [0, 0.1) is 11.6 Å². The standard InChI is InChI=1S/C20H13F2N3O5S2/c21-11-6-8-15(14(22)10-11)25(20(27)28)17-13-7-9-16(26)24(12-4-2-1-3-5-12)18(13)31-19(17)32(23,29)30/h1-10H,(H,27,28)(H2,23,29,30). The van der Waals surface area contributed by atoms with Crippen molar-refractivity contribution >= 4 is 49.0 Å². The summed E-state index contributed by atoms with van der Waals surface area (Å²) in [6.45, 7) is 0. The van der Waals surface area contributed by atoms with Gasteiger partial charge in [-0.25, -0.2) is 32.0 Å². The summed E-state index contributed by atoms with van der Waals surface area (Å²) in [7, 11) is -4.51. The summed E-state index contributed by atoms with van der Waals surface area (Å²) in [5, 5.41) is 15.2. The maximum absolute atomic E-state index is 14.5. The van der Waals surface area contributed by atoms with Crippen molar-refractivity contribution in [3.63, 3.8) is 0 Å². The Morgan fingerprint density at radius 3 is 2.34 bits per heavy atom. The molecule has 0 fully saturated rings. The van der Waals surface area contributed by atoms with Crippen LogP contribution in [0.1, 0.15) is 0 Å². The summed E-state index contributed by atoms with van der Waals surface area (Å²) < 4.78 is 53.3. The molecule has 0 bridgehead atoms. The predicted molar refractivity (Wildman–Crippen MR) is 115 cm³/mol.